The van der Waals surface area contributed by atoms with Gasteiger partial charge in [0.05, 0.1) is 32.3 Å². The Balaban J connectivity index is 1.39. The predicted octanol–water partition coefficient (Wildman–Crippen LogP) is 3.50. The van der Waals surface area contributed by atoms with E-state index < -0.39 is 0 Å². The molecule has 0 aromatic heterocycles. The Kier molecular flexibility index (Phi) is 7.77. The summed E-state index contributed by atoms with van der Waals surface area (Å²) in [5.74, 6) is 1.01. The zero-order chi connectivity index (χ0) is 25.7. The number of rotatable bonds is 8. The highest BCUT2D eigenvalue weighted by atomic mass is 16.5. The lowest BCUT2D eigenvalue weighted by Gasteiger charge is -2.31. The standard InChI is InChI=1S/C27H29NO8/c1-4-34-27(31)18-6-5-11-28(15-18)25(29)16-35-19-8-9-20-22(14-19)36-24(26(20)30)13-17-7-10-21(32-2)23(12-17)33-3/h7-10,12-14,18H,4-6,11,15-16H2,1-3H3. The fraction of sp³-hybridized carbons (Fsp3) is 0.370. The first-order valence-corrected chi connectivity index (χ1v) is 11.8. The van der Waals surface area contributed by atoms with Crippen LogP contribution in [0.15, 0.2) is 42.2 Å². The van der Waals surface area contributed by atoms with Gasteiger partial charge in [-0.3, -0.25) is 14.4 Å². The van der Waals surface area contributed by atoms with E-state index in [9.17, 15) is 14.4 Å². The van der Waals surface area contributed by atoms with Crippen LogP contribution in [0.3, 0.4) is 0 Å². The van der Waals surface area contributed by atoms with Crippen LogP contribution in [0.4, 0.5) is 0 Å². The molecule has 0 bridgehead atoms. The van der Waals surface area contributed by atoms with Gasteiger partial charge in [0.25, 0.3) is 5.91 Å². The maximum absolute atomic E-state index is 12.8. The number of carbonyl (C=O) groups is 3. The molecule has 0 saturated carbocycles. The molecule has 1 unspecified atom stereocenters. The molecule has 1 fully saturated rings. The molecule has 1 atom stereocenters. The summed E-state index contributed by atoms with van der Waals surface area (Å²) in [5.41, 5.74) is 1.13. The third-order valence-electron chi connectivity index (χ3n) is 6.10. The summed E-state index contributed by atoms with van der Waals surface area (Å²) < 4.78 is 27.1. The lowest BCUT2D eigenvalue weighted by molar-refractivity contribution is -0.151. The number of hydrogen-bond donors (Lipinski definition) is 0. The second-order valence-corrected chi connectivity index (χ2v) is 8.43. The lowest BCUT2D eigenvalue weighted by atomic mass is 9.98. The summed E-state index contributed by atoms with van der Waals surface area (Å²) in [6, 6.07) is 10.1. The number of methoxy groups -OCH3 is 2. The molecule has 190 valence electrons. The maximum Gasteiger partial charge on any atom is 0.310 e. The summed E-state index contributed by atoms with van der Waals surface area (Å²) in [5, 5.41) is 0. The van der Waals surface area contributed by atoms with Crippen molar-refractivity contribution in [2.24, 2.45) is 5.92 Å². The summed E-state index contributed by atoms with van der Waals surface area (Å²) in [6.07, 6.45) is 3.07. The van der Waals surface area contributed by atoms with E-state index in [4.69, 9.17) is 23.7 Å². The Morgan fingerprint density at radius 3 is 2.67 bits per heavy atom. The predicted molar refractivity (Wildman–Crippen MR) is 130 cm³/mol. The van der Waals surface area contributed by atoms with E-state index in [1.165, 1.54) is 7.11 Å². The molecule has 36 heavy (non-hydrogen) atoms. The van der Waals surface area contributed by atoms with Crippen molar-refractivity contribution in [3.8, 4) is 23.0 Å². The summed E-state index contributed by atoms with van der Waals surface area (Å²) in [7, 11) is 3.09. The van der Waals surface area contributed by atoms with Crippen LogP contribution < -0.4 is 18.9 Å². The summed E-state index contributed by atoms with van der Waals surface area (Å²) in [6.45, 7) is 2.80. The third-order valence-corrected chi connectivity index (χ3v) is 6.10. The number of carbonyl (C=O) groups excluding carboxylic acids is 3. The SMILES string of the molecule is CCOC(=O)C1CCCN(C(=O)COc2ccc3c(c2)OC(=Cc2ccc(OC)c(OC)c2)C3=O)C1. The quantitative estimate of drug-likeness (QED) is 0.405. The molecule has 0 radical (unpaired) electrons. The molecule has 2 aromatic rings. The van der Waals surface area contributed by atoms with E-state index in [0.29, 0.717) is 60.2 Å². The van der Waals surface area contributed by atoms with Gasteiger partial charge in [-0.1, -0.05) is 6.07 Å². The second kappa shape index (κ2) is 11.2. The van der Waals surface area contributed by atoms with Gasteiger partial charge in [-0.05, 0) is 55.7 Å². The van der Waals surface area contributed by atoms with Gasteiger partial charge in [-0.2, -0.15) is 0 Å². The van der Waals surface area contributed by atoms with Crippen LogP contribution in [-0.4, -0.2) is 63.1 Å². The number of nitrogens with zero attached hydrogens (tertiary/aromatic N) is 1. The molecule has 2 aliphatic rings. The smallest absolute Gasteiger partial charge is 0.310 e. The van der Waals surface area contributed by atoms with Crippen molar-refractivity contribution < 1.29 is 38.1 Å². The Hall–Kier alpha value is -4.01. The van der Waals surface area contributed by atoms with Crippen LogP contribution in [0.5, 0.6) is 23.0 Å². The van der Waals surface area contributed by atoms with Crippen LogP contribution in [0.2, 0.25) is 0 Å². The number of fused-ring (bicyclic) bond motifs is 1. The van der Waals surface area contributed by atoms with Gasteiger partial charge in [0.2, 0.25) is 5.78 Å². The van der Waals surface area contributed by atoms with Crippen molar-refractivity contribution in [2.75, 3.05) is 40.5 Å². The zero-order valence-electron chi connectivity index (χ0n) is 20.6. The number of likely N-dealkylation sites (tertiary alicyclic amines) is 1. The summed E-state index contributed by atoms with van der Waals surface area (Å²) >= 11 is 0. The number of hydrogen-bond acceptors (Lipinski definition) is 8. The van der Waals surface area contributed by atoms with E-state index in [-0.39, 0.29) is 35.9 Å². The largest absolute Gasteiger partial charge is 0.493 e. The first-order valence-electron chi connectivity index (χ1n) is 11.8. The molecule has 9 heteroatoms. The third kappa shape index (κ3) is 5.45. The van der Waals surface area contributed by atoms with Crippen molar-refractivity contribution in [1.29, 1.82) is 0 Å². The minimum absolute atomic E-state index is 0.170. The maximum atomic E-state index is 12.8. The van der Waals surface area contributed by atoms with Gasteiger partial charge in [0, 0.05) is 19.2 Å². The molecule has 1 saturated heterocycles. The average Bonchev–Trinajstić information content (AvgIpc) is 3.21. The number of benzene rings is 2. The number of piperidine rings is 1. The molecule has 0 N–H and O–H groups in total. The molecule has 2 aliphatic heterocycles. The van der Waals surface area contributed by atoms with Crippen LogP contribution in [0.25, 0.3) is 6.08 Å². The van der Waals surface area contributed by atoms with E-state index in [2.05, 4.69) is 0 Å². The Morgan fingerprint density at radius 1 is 1.11 bits per heavy atom. The molecule has 1 amide bonds. The van der Waals surface area contributed by atoms with Gasteiger partial charge in [-0.25, -0.2) is 0 Å². The highest BCUT2D eigenvalue weighted by Gasteiger charge is 2.30. The number of esters is 1. The van der Waals surface area contributed by atoms with Crippen molar-refractivity contribution in [2.45, 2.75) is 19.8 Å². The summed E-state index contributed by atoms with van der Waals surface area (Å²) in [4.78, 5) is 39.1. The number of ether oxygens (including phenoxy) is 5. The molecule has 9 nitrogen and oxygen atoms in total. The molecule has 0 aliphatic carbocycles. The number of Topliss-reactive ketones (excluding diaryl/α,β-unsaturated/α-hetero) is 1. The Morgan fingerprint density at radius 2 is 1.92 bits per heavy atom. The molecule has 2 heterocycles. The van der Waals surface area contributed by atoms with E-state index >= 15 is 0 Å². The Bertz CT molecular complexity index is 1190. The molecule has 4 rings (SSSR count). The van der Waals surface area contributed by atoms with Crippen LogP contribution in [-0.2, 0) is 14.3 Å². The first-order chi connectivity index (χ1) is 17.4. The fourth-order valence-corrected chi connectivity index (χ4v) is 4.24. The highest BCUT2D eigenvalue weighted by Crippen LogP contribution is 2.36. The highest BCUT2D eigenvalue weighted by molar-refractivity contribution is 6.14. The molecule has 0 spiro atoms. The average molecular weight is 496 g/mol. The number of ketones is 1. The van der Waals surface area contributed by atoms with Crippen LogP contribution in [0.1, 0.15) is 35.7 Å². The first kappa shape index (κ1) is 25.1. The van der Waals surface area contributed by atoms with Crippen LogP contribution in [0, 0.1) is 5.92 Å². The van der Waals surface area contributed by atoms with Gasteiger partial charge < -0.3 is 28.6 Å². The van der Waals surface area contributed by atoms with Crippen molar-refractivity contribution in [3.63, 3.8) is 0 Å². The van der Waals surface area contributed by atoms with E-state index in [0.717, 1.165) is 6.42 Å². The Labute approximate surface area is 209 Å². The monoisotopic (exact) mass is 495 g/mol. The topological polar surface area (TPSA) is 101 Å². The second-order valence-electron chi connectivity index (χ2n) is 8.43. The van der Waals surface area contributed by atoms with Gasteiger partial charge in [-0.15, -0.1) is 0 Å². The van der Waals surface area contributed by atoms with E-state index in [1.54, 1.807) is 61.4 Å². The molecular formula is C27H29NO8. The normalized spacial score (nSPS) is 17.9. The van der Waals surface area contributed by atoms with Gasteiger partial charge in [0.1, 0.15) is 11.5 Å². The number of allylic oxidation sites excluding steroid dienone is 1. The van der Waals surface area contributed by atoms with E-state index in [1.807, 2.05) is 0 Å². The van der Waals surface area contributed by atoms with Crippen molar-refractivity contribution in [1.82, 2.24) is 4.90 Å². The minimum Gasteiger partial charge on any atom is -0.493 e. The molecule has 2 aromatic carbocycles. The zero-order valence-corrected chi connectivity index (χ0v) is 20.6. The van der Waals surface area contributed by atoms with Gasteiger partial charge in [0.15, 0.2) is 23.9 Å². The lowest BCUT2D eigenvalue weighted by Crippen LogP contribution is -2.44. The van der Waals surface area contributed by atoms with Gasteiger partial charge >= 0.3 is 5.97 Å². The van der Waals surface area contributed by atoms with Crippen molar-refractivity contribution in [3.05, 3.63) is 53.3 Å². The molecular weight excluding hydrogens is 466 g/mol. The number of amides is 1. The van der Waals surface area contributed by atoms with Crippen molar-refractivity contribution >= 4 is 23.7 Å². The minimum atomic E-state index is -0.307. The fourth-order valence-electron chi connectivity index (χ4n) is 4.24. The van der Waals surface area contributed by atoms with Crippen LogP contribution >= 0.6 is 0 Å².